The van der Waals surface area contributed by atoms with Crippen LogP contribution in [0.15, 0.2) is 54.9 Å². The van der Waals surface area contributed by atoms with Crippen LogP contribution in [0.1, 0.15) is 40.6 Å². The highest BCUT2D eigenvalue weighted by atomic mass is 16.4. The fraction of sp³-hybridized carbons (Fsp3) is 0.333. The van der Waals surface area contributed by atoms with Gasteiger partial charge >= 0.3 is 5.97 Å². The number of rotatable bonds is 7. The number of aryl methyl sites for hydroxylation is 2. The van der Waals surface area contributed by atoms with E-state index in [-0.39, 0.29) is 25.3 Å². The van der Waals surface area contributed by atoms with Gasteiger partial charge in [-0.3, -0.25) is 14.4 Å². The Bertz CT molecular complexity index is 1250. The first-order chi connectivity index (χ1) is 16.7. The molecule has 8 nitrogen and oxygen atoms in total. The molecule has 0 aliphatic carbocycles. The van der Waals surface area contributed by atoms with Crippen LogP contribution in [-0.4, -0.2) is 49.4 Å². The zero-order chi connectivity index (χ0) is 25.1. The van der Waals surface area contributed by atoms with Crippen molar-refractivity contribution in [3.63, 3.8) is 0 Å². The average Bonchev–Trinajstić information content (AvgIpc) is 3.22. The van der Waals surface area contributed by atoms with Gasteiger partial charge in [-0.15, -0.1) is 0 Å². The number of aliphatic carboxylic acids is 1. The van der Waals surface area contributed by atoms with E-state index in [1.54, 1.807) is 11.2 Å². The van der Waals surface area contributed by atoms with Crippen LogP contribution in [0.3, 0.4) is 0 Å². The Morgan fingerprint density at radius 3 is 2.60 bits per heavy atom. The largest absolute Gasteiger partial charge is 0.480 e. The number of hydrogen-bond donors (Lipinski definition) is 2. The first-order valence-corrected chi connectivity index (χ1v) is 11.7. The van der Waals surface area contributed by atoms with Crippen molar-refractivity contribution in [1.29, 1.82) is 0 Å². The Balaban J connectivity index is 1.63. The highest BCUT2D eigenvalue weighted by molar-refractivity contribution is 5.91. The van der Waals surface area contributed by atoms with E-state index in [1.807, 2.05) is 34.9 Å². The summed E-state index contributed by atoms with van der Waals surface area (Å²) < 4.78 is 2.04. The first-order valence-electron chi connectivity index (χ1n) is 11.7. The molecule has 35 heavy (non-hydrogen) atoms. The lowest BCUT2D eigenvalue weighted by molar-refractivity contribution is -0.145. The van der Waals surface area contributed by atoms with Gasteiger partial charge in [-0.05, 0) is 37.5 Å². The number of amides is 2. The van der Waals surface area contributed by atoms with E-state index < -0.39 is 24.0 Å². The van der Waals surface area contributed by atoms with Gasteiger partial charge in [0, 0.05) is 13.0 Å². The summed E-state index contributed by atoms with van der Waals surface area (Å²) >= 11 is 0. The molecule has 0 bridgehead atoms. The van der Waals surface area contributed by atoms with Crippen molar-refractivity contribution in [1.82, 2.24) is 19.8 Å². The monoisotopic (exact) mass is 474 g/mol. The van der Waals surface area contributed by atoms with Gasteiger partial charge in [-0.1, -0.05) is 54.1 Å². The topological polar surface area (TPSA) is 105 Å². The van der Waals surface area contributed by atoms with E-state index in [0.717, 1.165) is 17.0 Å². The van der Waals surface area contributed by atoms with Gasteiger partial charge in [0.1, 0.15) is 12.1 Å². The van der Waals surface area contributed by atoms with E-state index in [4.69, 9.17) is 0 Å². The lowest BCUT2D eigenvalue weighted by atomic mass is 9.99. The lowest BCUT2D eigenvalue weighted by Gasteiger charge is -2.35. The van der Waals surface area contributed by atoms with Gasteiger partial charge in [-0.25, -0.2) is 4.98 Å². The van der Waals surface area contributed by atoms with E-state index in [0.29, 0.717) is 6.54 Å². The van der Waals surface area contributed by atoms with Gasteiger partial charge in [0.25, 0.3) is 0 Å². The van der Waals surface area contributed by atoms with Crippen LogP contribution < -0.4 is 5.32 Å². The number of benzene rings is 2. The van der Waals surface area contributed by atoms with E-state index in [1.165, 1.54) is 23.6 Å². The molecule has 0 radical (unpaired) electrons. The number of nitrogens with zero attached hydrogens (tertiary/aromatic N) is 3. The number of hydrogen-bond acceptors (Lipinski definition) is 4. The predicted molar refractivity (Wildman–Crippen MR) is 131 cm³/mol. The molecule has 1 aromatic heterocycles. The molecule has 0 saturated heterocycles. The van der Waals surface area contributed by atoms with Gasteiger partial charge in [0.05, 0.1) is 30.7 Å². The summed E-state index contributed by atoms with van der Waals surface area (Å²) in [4.78, 5) is 43.9. The predicted octanol–water partition coefficient (Wildman–Crippen LogP) is 2.63. The zero-order valence-corrected chi connectivity index (χ0v) is 20.2. The molecular formula is C27H30N4O4. The van der Waals surface area contributed by atoms with Crippen LogP contribution >= 0.6 is 0 Å². The smallest absolute Gasteiger partial charge is 0.325 e. The van der Waals surface area contributed by atoms with Crippen molar-refractivity contribution in [3.8, 4) is 0 Å². The Labute approximate surface area is 204 Å². The summed E-state index contributed by atoms with van der Waals surface area (Å²) in [5.41, 5.74) is 6.01. The second-order valence-corrected chi connectivity index (χ2v) is 9.17. The number of aromatic nitrogens is 2. The molecule has 2 heterocycles. The molecule has 182 valence electrons. The molecule has 2 unspecified atom stereocenters. The molecule has 8 heteroatoms. The third kappa shape index (κ3) is 5.42. The Kier molecular flexibility index (Phi) is 7.00. The molecule has 2 amide bonds. The molecule has 0 spiro atoms. The van der Waals surface area contributed by atoms with Crippen molar-refractivity contribution >= 4 is 17.8 Å². The normalized spacial score (nSPS) is 15.9. The summed E-state index contributed by atoms with van der Waals surface area (Å²) in [6, 6.07) is 13.8. The molecule has 2 aromatic carbocycles. The Morgan fingerprint density at radius 1 is 1.14 bits per heavy atom. The molecule has 1 aliphatic rings. The Morgan fingerprint density at radius 2 is 1.89 bits per heavy atom. The van der Waals surface area contributed by atoms with Crippen LogP contribution in [-0.2, 0) is 40.3 Å². The molecule has 0 fully saturated rings. The first kappa shape index (κ1) is 24.2. The van der Waals surface area contributed by atoms with Gasteiger partial charge in [0.15, 0.2) is 0 Å². The SMILES string of the molecule is Cc1ccc(C)c(Cn2cnc3c2CN(C(=O)Cc2ccccc2)C(C(=O)NC(C)C(=O)O)C3)c1. The number of carboxylic acid groups (broad SMARTS) is 1. The maximum atomic E-state index is 13.4. The quantitative estimate of drug-likeness (QED) is 0.548. The molecule has 0 saturated carbocycles. The van der Waals surface area contributed by atoms with Crippen molar-refractivity contribution in [2.45, 2.75) is 58.8 Å². The van der Waals surface area contributed by atoms with Crippen molar-refractivity contribution in [2.75, 3.05) is 0 Å². The second-order valence-electron chi connectivity index (χ2n) is 9.17. The van der Waals surface area contributed by atoms with Crippen LogP contribution in [0, 0.1) is 13.8 Å². The fourth-order valence-corrected chi connectivity index (χ4v) is 4.40. The molecule has 1 aliphatic heterocycles. The van der Waals surface area contributed by atoms with E-state index >= 15 is 0 Å². The third-order valence-corrected chi connectivity index (χ3v) is 6.51. The molecular weight excluding hydrogens is 444 g/mol. The molecule has 3 aromatic rings. The van der Waals surface area contributed by atoms with E-state index in [2.05, 4.69) is 42.3 Å². The summed E-state index contributed by atoms with van der Waals surface area (Å²) in [7, 11) is 0. The van der Waals surface area contributed by atoms with Crippen molar-refractivity contribution in [3.05, 3.63) is 88.5 Å². The van der Waals surface area contributed by atoms with Crippen molar-refractivity contribution < 1.29 is 19.5 Å². The summed E-state index contributed by atoms with van der Waals surface area (Å²) in [6.07, 6.45) is 2.14. The Hall–Kier alpha value is -3.94. The summed E-state index contributed by atoms with van der Waals surface area (Å²) in [5.74, 6) is -1.81. The average molecular weight is 475 g/mol. The van der Waals surface area contributed by atoms with Gasteiger partial charge in [0.2, 0.25) is 11.8 Å². The summed E-state index contributed by atoms with van der Waals surface area (Å²) in [5, 5.41) is 11.8. The number of carbonyl (C=O) groups is 3. The number of carbonyl (C=O) groups excluding carboxylic acids is 2. The van der Waals surface area contributed by atoms with Gasteiger partial charge in [-0.2, -0.15) is 0 Å². The minimum absolute atomic E-state index is 0.152. The van der Waals surface area contributed by atoms with Crippen LogP contribution in [0.5, 0.6) is 0 Å². The number of fused-ring (bicyclic) bond motifs is 1. The minimum Gasteiger partial charge on any atom is -0.480 e. The summed E-state index contributed by atoms with van der Waals surface area (Å²) in [6.45, 7) is 6.37. The third-order valence-electron chi connectivity index (χ3n) is 6.51. The second kappa shape index (κ2) is 10.1. The maximum Gasteiger partial charge on any atom is 0.325 e. The maximum absolute atomic E-state index is 13.4. The van der Waals surface area contributed by atoms with Crippen molar-refractivity contribution in [2.24, 2.45) is 0 Å². The van der Waals surface area contributed by atoms with E-state index in [9.17, 15) is 19.5 Å². The lowest BCUT2D eigenvalue weighted by Crippen LogP contribution is -2.55. The fourth-order valence-electron chi connectivity index (χ4n) is 4.40. The van der Waals surface area contributed by atoms with Crippen LogP contribution in [0.2, 0.25) is 0 Å². The van der Waals surface area contributed by atoms with Gasteiger partial charge < -0.3 is 19.9 Å². The van der Waals surface area contributed by atoms with Crippen LogP contribution in [0.25, 0.3) is 0 Å². The molecule has 2 N–H and O–H groups in total. The zero-order valence-electron chi connectivity index (χ0n) is 20.2. The molecule has 2 atom stereocenters. The highest BCUT2D eigenvalue weighted by Crippen LogP contribution is 2.25. The number of nitrogens with one attached hydrogen (secondary N) is 1. The number of carboxylic acids is 1. The highest BCUT2D eigenvalue weighted by Gasteiger charge is 2.37. The standard InChI is InChI=1S/C27H30N4O4/c1-17-9-10-18(2)21(11-17)14-30-16-28-22-13-23(26(33)29-19(3)27(34)35)31(15-24(22)30)25(32)12-20-7-5-4-6-8-20/h4-11,16,19,23H,12-15H2,1-3H3,(H,29,33)(H,34,35). The van der Waals surface area contributed by atoms with Crippen LogP contribution in [0.4, 0.5) is 0 Å². The minimum atomic E-state index is -1.13. The molecule has 4 rings (SSSR count). The number of imidazole rings is 1.